The van der Waals surface area contributed by atoms with Crippen LogP contribution >= 0.6 is 0 Å². The van der Waals surface area contributed by atoms with E-state index in [4.69, 9.17) is 0 Å². The fraction of sp³-hybridized carbons (Fsp3) is 0.429. The lowest BCUT2D eigenvalue weighted by molar-refractivity contribution is 0.0954. The van der Waals surface area contributed by atoms with E-state index in [1.54, 1.807) is 40.8 Å². The Labute approximate surface area is 166 Å². The molecular weight excluding hydrogens is 374 g/mol. The van der Waals surface area contributed by atoms with Crippen LogP contribution in [-0.2, 0) is 10.0 Å². The van der Waals surface area contributed by atoms with E-state index in [1.807, 2.05) is 19.9 Å². The van der Waals surface area contributed by atoms with E-state index in [0.29, 0.717) is 24.1 Å². The second-order valence-corrected chi connectivity index (χ2v) is 9.24. The predicted octanol–water partition coefficient (Wildman–Crippen LogP) is 3.05. The molecule has 150 valence electrons. The van der Waals surface area contributed by atoms with Gasteiger partial charge in [0, 0.05) is 30.9 Å². The maximum atomic E-state index is 13.1. The van der Waals surface area contributed by atoms with Crippen LogP contribution in [0.4, 0.5) is 0 Å². The van der Waals surface area contributed by atoms with Crippen molar-refractivity contribution in [2.45, 2.75) is 50.5 Å². The molecule has 1 aromatic heterocycles. The van der Waals surface area contributed by atoms with Crippen molar-refractivity contribution < 1.29 is 13.2 Å². The van der Waals surface area contributed by atoms with Crippen molar-refractivity contribution in [3.05, 3.63) is 59.7 Å². The number of pyridine rings is 1. The van der Waals surface area contributed by atoms with E-state index >= 15 is 0 Å². The highest BCUT2D eigenvalue weighted by Crippen LogP contribution is 2.21. The van der Waals surface area contributed by atoms with Crippen molar-refractivity contribution in [1.82, 2.24) is 8.87 Å². The fourth-order valence-corrected chi connectivity index (χ4v) is 4.90. The molecule has 0 atom stereocenters. The van der Waals surface area contributed by atoms with Crippen LogP contribution in [0.25, 0.3) is 0 Å². The summed E-state index contributed by atoms with van der Waals surface area (Å²) in [5.74, 6) is -0.298. The fourth-order valence-electron chi connectivity index (χ4n) is 3.34. The zero-order valence-corrected chi connectivity index (χ0v) is 17.2. The molecule has 0 saturated carbocycles. The van der Waals surface area contributed by atoms with Gasteiger partial charge in [0.2, 0.25) is 10.0 Å². The second-order valence-electron chi connectivity index (χ2n) is 7.30. The third-order valence-corrected chi connectivity index (χ3v) is 6.63. The molecule has 2 heterocycles. The van der Waals surface area contributed by atoms with Crippen LogP contribution in [-0.4, -0.2) is 42.3 Å². The molecule has 0 amide bonds. The Morgan fingerprint density at radius 1 is 1.00 bits per heavy atom. The zero-order valence-electron chi connectivity index (χ0n) is 16.4. The molecule has 0 N–H and O–H groups in total. The third-order valence-electron chi connectivity index (χ3n) is 4.73. The van der Waals surface area contributed by atoms with Gasteiger partial charge in [-0.1, -0.05) is 25.0 Å². The van der Waals surface area contributed by atoms with Gasteiger partial charge >= 0.3 is 0 Å². The summed E-state index contributed by atoms with van der Waals surface area (Å²) in [6.07, 6.45) is 5.50. The summed E-state index contributed by atoms with van der Waals surface area (Å²) in [7, 11) is -3.60. The van der Waals surface area contributed by atoms with E-state index in [1.165, 1.54) is 10.6 Å². The number of nitrogens with zero attached hydrogens (tertiary/aromatic N) is 3. The Bertz CT molecular complexity index is 1000. The minimum atomic E-state index is -3.60. The van der Waals surface area contributed by atoms with Crippen LogP contribution in [0.2, 0.25) is 0 Å². The Morgan fingerprint density at radius 3 is 2.39 bits per heavy atom. The van der Waals surface area contributed by atoms with Crippen molar-refractivity contribution in [2.24, 2.45) is 4.99 Å². The van der Waals surface area contributed by atoms with E-state index in [2.05, 4.69) is 4.99 Å². The molecule has 1 aromatic carbocycles. The topological polar surface area (TPSA) is 71.7 Å². The van der Waals surface area contributed by atoms with E-state index in [-0.39, 0.29) is 16.8 Å². The smallest absolute Gasteiger partial charge is 0.263 e. The summed E-state index contributed by atoms with van der Waals surface area (Å²) in [6, 6.07) is 11.7. The van der Waals surface area contributed by atoms with Gasteiger partial charge in [-0.3, -0.25) is 14.4 Å². The molecule has 7 heteroatoms. The molecule has 6 nitrogen and oxygen atoms in total. The van der Waals surface area contributed by atoms with Gasteiger partial charge in [-0.2, -0.15) is 4.31 Å². The summed E-state index contributed by atoms with van der Waals surface area (Å²) < 4.78 is 29.1. The first-order valence-electron chi connectivity index (χ1n) is 9.76. The number of hydrogen-bond donors (Lipinski definition) is 0. The Balaban J connectivity index is 1.97. The van der Waals surface area contributed by atoms with Crippen LogP contribution in [0.3, 0.4) is 0 Å². The molecule has 0 spiro atoms. The number of carbonyl (C=O) groups is 1. The highest BCUT2D eigenvalue weighted by molar-refractivity contribution is 7.89. The van der Waals surface area contributed by atoms with Gasteiger partial charge in [0.05, 0.1) is 4.90 Å². The largest absolute Gasteiger partial charge is 0.268 e. The van der Waals surface area contributed by atoms with E-state index in [9.17, 15) is 13.2 Å². The van der Waals surface area contributed by atoms with Crippen molar-refractivity contribution in [1.29, 1.82) is 0 Å². The molecule has 1 aliphatic rings. The number of aromatic nitrogens is 1. The quantitative estimate of drug-likeness (QED) is 0.790. The van der Waals surface area contributed by atoms with Gasteiger partial charge in [-0.05, 0) is 57.0 Å². The Kier molecular flexibility index (Phi) is 6.46. The summed E-state index contributed by atoms with van der Waals surface area (Å²) in [4.78, 5) is 17.7. The standard InChI is InChI=1S/C21H27N3O3S/c1-17(2)22-20-12-5-8-15-24(20)21(25)18-10-9-11-19(16-18)28(26,27)23-13-6-3-4-7-14-23/h5,8-12,15-17H,3-4,6-7,13-14H2,1-2H3. The second kappa shape index (κ2) is 8.84. The number of rotatable bonds is 4. The SMILES string of the molecule is CC(C)N=c1ccccn1C(=O)c1cccc(S(=O)(=O)N2CCCCCC2)c1. The zero-order chi connectivity index (χ0) is 20.1. The number of sulfonamides is 1. The maximum Gasteiger partial charge on any atom is 0.263 e. The highest BCUT2D eigenvalue weighted by Gasteiger charge is 2.26. The molecule has 0 radical (unpaired) electrons. The lowest BCUT2D eigenvalue weighted by Gasteiger charge is -2.20. The van der Waals surface area contributed by atoms with Gasteiger partial charge in [0.1, 0.15) is 5.49 Å². The van der Waals surface area contributed by atoms with Crippen LogP contribution in [0.5, 0.6) is 0 Å². The van der Waals surface area contributed by atoms with Crippen molar-refractivity contribution in [3.8, 4) is 0 Å². The van der Waals surface area contributed by atoms with Gasteiger partial charge < -0.3 is 0 Å². The maximum absolute atomic E-state index is 13.1. The van der Waals surface area contributed by atoms with Gasteiger partial charge in [0.25, 0.3) is 5.91 Å². The summed E-state index contributed by atoms with van der Waals surface area (Å²) >= 11 is 0. The highest BCUT2D eigenvalue weighted by atomic mass is 32.2. The van der Waals surface area contributed by atoms with Crippen LogP contribution in [0.15, 0.2) is 58.5 Å². The van der Waals surface area contributed by atoms with E-state index < -0.39 is 10.0 Å². The number of hydrogen-bond acceptors (Lipinski definition) is 4. The molecular formula is C21H27N3O3S. The van der Waals surface area contributed by atoms with Crippen LogP contribution in [0.1, 0.15) is 49.9 Å². The molecule has 1 fully saturated rings. The molecule has 1 aliphatic heterocycles. The first kappa shape index (κ1) is 20.5. The summed E-state index contributed by atoms with van der Waals surface area (Å²) in [6.45, 7) is 4.95. The minimum absolute atomic E-state index is 0.0381. The molecule has 0 bridgehead atoms. The van der Waals surface area contributed by atoms with Crippen LogP contribution < -0.4 is 5.49 Å². The Hall–Kier alpha value is -2.25. The monoisotopic (exact) mass is 401 g/mol. The van der Waals surface area contributed by atoms with E-state index in [0.717, 1.165) is 25.7 Å². The van der Waals surface area contributed by atoms with Crippen molar-refractivity contribution in [3.63, 3.8) is 0 Å². The van der Waals surface area contributed by atoms with Gasteiger partial charge in [-0.25, -0.2) is 8.42 Å². The minimum Gasteiger partial charge on any atom is -0.268 e. The number of carbonyl (C=O) groups excluding carboxylic acids is 1. The number of benzene rings is 1. The first-order valence-corrected chi connectivity index (χ1v) is 11.2. The van der Waals surface area contributed by atoms with Gasteiger partial charge in [-0.15, -0.1) is 0 Å². The first-order chi connectivity index (χ1) is 13.4. The van der Waals surface area contributed by atoms with Crippen molar-refractivity contribution >= 4 is 15.9 Å². The molecule has 1 saturated heterocycles. The van der Waals surface area contributed by atoms with Crippen molar-refractivity contribution in [2.75, 3.05) is 13.1 Å². The van der Waals surface area contributed by atoms with Crippen LogP contribution in [0, 0.1) is 0 Å². The third kappa shape index (κ3) is 4.59. The molecule has 0 unspecified atom stereocenters. The summed E-state index contributed by atoms with van der Waals surface area (Å²) in [5.41, 5.74) is 0.871. The Morgan fingerprint density at radius 2 is 1.71 bits per heavy atom. The predicted molar refractivity (Wildman–Crippen MR) is 109 cm³/mol. The summed E-state index contributed by atoms with van der Waals surface area (Å²) in [5, 5.41) is 0. The average molecular weight is 402 g/mol. The molecule has 3 rings (SSSR count). The molecule has 28 heavy (non-hydrogen) atoms. The molecule has 0 aliphatic carbocycles. The van der Waals surface area contributed by atoms with Gasteiger partial charge in [0.15, 0.2) is 0 Å². The average Bonchev–Trinajstić information content (AvgIpc) is 2.98. The molecule has 2 aromatic rings. The lowest BCUT2D eigenvalue weighted by Crippen LogP contribution is -2.32. The normalized spacial score (nSPS) is 16.9. The lowest BCUT2D eigenvalue weighted by atomic mass is 10.2.